The molecule has 0 aromatic heterocycles. The zero-order chi connectivity index (χ0) is 14.4. The lowest BCUT2D eigenvalue weighted by molar-refractivity contribution is -0.134. The molecule has 21 heavy (non-hydrogen) atoms. The van der Waals surface area contributed by atoms with Crippen LogP contribution in [0.2, 0.25) is 0 Å². The van der Waals surface area contributed by atoms with Crippen molar-refractivity contribution in [3.05, 3.63) is 47.2 Å². The Bertz CT molecular complexity index is 603. The number of rotatable bonds is 1. The number of nitrogens with zero attached hydrogens (tertiary/aromatic N) is 1. The molecular formula is C19H23NO. The Balaban J connectivity index is 1.78. The van der Waals surface area contributed by atoms with Gasteiger partial charge in [0.1, 0.15) is 0 Å². The second kappa shape index (κ2) is 4.72. The number of benzene rings is 1. The van der Waals surface area contributed by atoms with Crippen molar-refractivity contribution in [3.8, 4) is 0 Å². The van der Waals surface area contributed by atoms with Gasteiger partial charge in [-0.15, -0.1) is 0 Å². The maximum absolute atomic E-state index is 13.0. The normalized spacial score (nSPS) is 32.1. The first kappa shape index (κ1) is 13.1. The fraction of sp³-hybridized carbons (Fsp3) is 0.526. The van der Waals surface area contributed by atoms with Crippen LogP contribution in [0.4, 0.5) is 0 Å². The van der Waals surface area contributed by atoms with E-state index in [1.807, 2.05) is 18.2 Å². The van der Waals surface area contributed by atoms with Crippen molar-refractivity contribution in [1.29, 1.82) is 0 Å². The molecule has 2 heteroatoms. The fourth-order valence-electron chi connectivity index (χ4n) is 4.74. The number of amides is 1. The minimum Gasteiger partial charge on any atom is -0.315 e. The molecule has 0 radical (unpaired) electrons. The first-order chi connectivity index (χ1) is 10.2. The molecule has 3 aliphatic rings. The molecule has 2 atom stereocenters. The van der Waals surface area contributed by atoms with Gasteiger partial charge in [-0.05, 0) is 49.7 Å². The lowest BCUT2D eigenvalue weighted by Crippen LogP contribution is -2.49. The Labute approximate surface area is 126 Å². The summed E-state index contributed by atoms with van der Waals surface area (Å²) in [5, 5.41) is 0. The first-order valence-electron chi connectivity index (χ1n) is 8.28. The molecule has 4 rings (SSSR count). The summed E-state index contributed by atoms with van der Waals surface area (Å²) in [5.74, 6) is 0.387. The summed E-state index contributed by atoms with van der Waals surface area (Å²) in [7, 11) is 0. The van der Waals surface area contributed by atoms with E-state index in [0.29, 0.717) is 5.91 Å². The van der Waals surface area contributed by atoms with Crippen molar-refractivity contribution < 1.29 is 4.79 Å². The highest BCUT2D eigenvalue weighted by Gasteiger charge is 2.46. The predicted molar refractivity (Wildman–Crippen MR) is 83.7 cm³/mol. The average molecular weight is 281 g/mol. The molecule has 2 heterocycles. The average Bonchev–Trinajstić information content (AvgIpc) is 2.51. The Kier molecular flexibility index (Phi) is 2.95. The topological polar surface area (TPSA) is 20.3 Å². The van der Waals surface area contributed by atoms with Crippen molar-refractivity contribution in [2.75, 3.05) is 6.54 Å². The van der Waals surface area contributed by atoms with E-state index >= 15 is 0 Å². The second-order valence-corrected chi connectivity index (χ2v) is 7.13. The minimum absolute atomic E-state index is 0.0467. The SMILES string of the molecule is CC12CCCC3=C1N(CCC2)C(=O)C(c1ccccc1)C3. The Morgan fingerprint density at radius 1 is 1.14 bits per heavy atom. The number of piperidine rings is 1. The Morgan fingerprint density at radius 2 is 1.90 bits per heavy atom. The molecule has 0 bridgehead atoms. The van der Waals surface area contributed by atoms with Gasteiger partial charge >= 0.3 is 0 Å². The van der Waals surface area contributed by atoms with Gasteiger partial charge in [0.25, 0.3) is 0 Å². The fourth-order valence-corrected chi connectivity index (χ4v) is 4.74. The molecule has 0 saturated carbocycles. The number of carbonyl (C=O) groups excluding carboxylic acids is 1. The van der Waals surface area contributed by atoms with E-state index in [0.717, 1.165) is 19.4 Å². The van der Waals surface area contributed by atoms with Gasteiger partial charge in [0.15, 0.2) is 0 Å². The summed E-state index contributed by atoms with van der Waals surface area (Å²) in [6, 6.07) is 10.3. The third-order valence-corrected chi connectivity index (χ3v) is 5.71. The van der Waals surface area contributed by atoms with E-state index in [1.54, 1.807) is 5.57 Å². The third-order valence-electron chi connectivity index (χ3n) is 5.71. The molecular weight excluding hydrogens is 258 g/mol. The molecule has 0 N–H and O–H groups in total. The van der Waals surface area contributed by atoms with Crippen LogP contribution in [0.5, 0.6) is 0 Å². The summed E-state index contributed by atoms with van der Waals surface area (Å²) < 4.78 is 0. The largest absolute Gasteiger partial charge is 0.315 e. The lowest BCUT2D eigenvalue weighted by atomic mass is 9.66. The molecule has 2 unspecified atom stereocenters. The van der Waals surface area contributed by atoms with Crippen molar-refractivity contribution in [2.24, 2.45) is 5.41 Å². The van der Waals surface area contributed by atoms with Gasteiger partial charge in [0.05, 0.1) is 5.92 Å². The van der Waals surface area contributed by atoms with Crippen LogP contribution in [0.3, 0.4) is 0 Å². The van der Waals surface area contributed by atoms with Crippen LogP contribution in [0.15, 0.2) is 41.6 Å². The molecule has 1 fully saturated rings. The van der Waals surface area contributed by atoms with Gasteiger partial charge in [-0.2, -0.15) is 0 Å². The minimum atomic E-state index is 0.0467. The second-order valence-electron chi connectivity index (χ2n) is 7.13. The Morgan fingerprint density at radius 3 is 2.71 bits per heavy atom. The molecule has 1 saturated heterocycles. The van der Waals surface area contributed by atoms with Crippen LogP contribution in [0, 0.1) is 5.41 Å². The lowest BCUT2D eigenvalue weighted by Gasteiger charge is -2.51. The van der Waals surface area contributed by atoms with E-state index in [1.165, 1.54) is 36.9 Å². The zero-order valence-corrected chi connectivity index (χ0v) is 12.8. The first-order valence-corrected chi connectivity index (χ1v) is 8.28. The number of hydrogen-bond donors (Lipinski definition) is 0. The van der Waals surface area contributed by atoms with Gasteiger partial charge in [-0.1, -0.05) is 37.3 Å². The van der Waals surface area contributed by atoms with Crippen LogP contribution in [-0.4, -0.2) is 17.4 Å². The van der Waals surface area contributed by atoms with Gasteiger partial charge in [-0.3, -0.25) is 4.79 Å². The Hall–Kier alpha value is -1.57. The van der Waals surface area contributed by atoms with Crippen LogP contribution in [-0.2, 0) is 4.79 Å². The summed E-state index contributed by atoms with van der Waals surface area (Å²) in [5.41, 5.74) is 4.43. The maximum atomic E-state index is 13.0. The highest BCUT2D eigenvalue weighted by Crippen LogP contribution is 2.52. The van der Waals surface area contributed by atoms with Gasteiger partial charge in [0.2, 0.25) is 5.91 Å². The van der Waals surface area contributed by atoms with Gasteiger partial charge < -0.3 is 4.90 Å². The van der Waals surface area contributed by atoms with Crippen molar-refractivity contribution in [3.63, 3.8) is 0 Å². The van der Waals surface area contributed by atoms with E-state index < -0.39 is 0 Å². The monoisotopic (exact) mass is 281 g/mol. The standard InChI is InChI=1S/C19H23NO/c1-19-10-5-9-15-13-16(14-7-3-2-4-8-14)18(21)20(17(15)19)12-6-11-19/h2-4,7-8,16H,5-6,9-13H2,1H3. The predicted octanol–water partition coefficient (Wildman–Crippen LogP) is 4.24. The molecule has 1 aromatic rings. The van der Waals surface area contributed by atoms with Crippen molar-refractivity contribution in [1.82, 2.24) is 4.90 Å². The van der Waals surface area contributed by atoms with Gasteiger partial charge in [0, 0.05) is 17.7 Å². The summed E-state index contributed by atoms with van der Waals surface area (Å²) in [6.07, 6.45) is 7.10. The molecule has 110 valence electrons. The number of hydrogen-bond acceptors (Lipinski definition) is 1. The van der Waals surface area contributed by atoms with Crippen LogP contribution in [0.1, 0.15) is 56.9 Å². The van der Waals surface area contributed by atoms with E-state index in [-0.39, 0.29) is 11.3 Å². The van der Waals surface area contributed by atoms with E-state index in [9.17, 15) is 4.79 Å². The highest BCUT2D eigenvalue weighted by atomic mass is 16.2. The van der Waals surface area contributed by atoms with Crippen LogP contribution < -0.4 is 0 Å². The molecule has 0 spiro atoms. The number of carbonyl (C=O) groups is 1. The van der Waals surface area contributed by atoms with E-state index in [4.69, 9.17) is 0 Å². The molecule has 1 aliphatic carbocycles. The van der Waals surface area contributed by atoms with Gasteiger partial charge in [-0.25, -0.2) is 0 Å². The van der Waals surface area contributed by atoms with Crippen LogP contribution >= 0.6 is 0 Å². The summed E-state index contributed by atoms with van der Waals surface area (Å²) in [6.45, 7) is 3.31. The molecule has 2 nitrogen and oxygen atoms in total. The maximum Gasteiger partial charge on any atom is 0.234 e. The summed E-state index contributed by atoms with van der Waals surface area (Å²) >= 11 is 0. The molecule has 1 amide bonds. The van der Waals surface area contributed by atoms with Crippen LogP contribution in [0.25, 0.3) is 0 Å². The third kappa shape index (κ3) is 1.96. The molecule has 2 aliphatic heterocycles. The summed E-state index contributed by atoms with van der Waals surface area (Å²) in [4.78, 5) is 15.2. The van der Waals surface area contributed by atoms with Crippen molar-refractivity contribution in [2.45, 2.75) is 51.4 Å². The quantitative estimate of drug-likeness (QED) is 0.754. The smallest absolute Gasteiger partial charge is 0.234 e. The molecule has 1 aromatic carbocycles. The zero-order valence-electron chi connectivity index (χ0n) is 12.8. The number of allylic oxidation sites excluding steroid dienone is 2. The highest BCUT2D eigenvalue weighted by molar-refractivity contribution is 5.87. The van der Waals surface area contributed by atoms with Crippen molar-refractivity contribution >= 4 is 5.91 Å². The van der Waals surface area contributed by atoms with E-state index in [2.05, 4.69) is 24.0 Å².